The van der Waals surface area contributed by atoms with E-state index < -0.39 is 0 Å². The summed E-state index contributed by atoms with van der Waals surface area (Å²) in [5.41, 5.74) is 5.60. The third-order valence-electron chi connectivity index (χ3n) is 1.57. The van der Waals surface area contributed by atoms with Gasteiger partial charge >= 0.3 is 0 Å². The molecule has 1 aromatic heterocycles. The Labute approximate surface area is 85.7 Å². The van der Waals surface area contributed by atoms with Gasteiger partial charge in [-0.15, -0.1) is 0 Å². The first kappa shape index (κ1) is 10.4. The number of hydrogen-bond donors (Lipinski definition) is 1. The summed E-state index contributed by atoms with van der Waals surface area (Å²) in [6, 6.07) is 0. The molecule has 0 saturated heterocycles. The van der Waals surface area contributed by atoms with Crippen LogP contribution in [0.4, 0.5) is 5.82 Å². The van der Waals surface area contributed by atoms with Crippen LogP contribution in [0.15, 0.2) is 10.7 Å². The Hall–Kier alpha value is -0.680. The van der Waals surface area contributed by atoms with Gasteiger partial charge in [0, 0.05) is 26.3 Å². The standard InChI is InChI=1S/C8H12BrN3O/c1-13-4-2-3-7-11-5-6(9)8(10)12-7/h5H,2-4H2,1H3,(H2,10,11,12). The second kappa shape index (κ2) is 5.14. The van der Waals surface area contributed by atoms with Crippen molar-refractivity contribution in [3.8, 4) is 0 Å². The normalized spacial score (nSPS) is 10.3. The maximum Gasteiger partial charge on any atom is 0.141 e. The largest absolute Gasteiger partial charge is 0.385 e. The van der Waals surface area contributed by atoms with Crippen molar-refractivity contribution in [3.05, 3.63) is 16.5 Å². The quantitative estimate of drug-likeness (QED) is 0.815. The highest BCUT2D eigenvalue weighted by Gasteiger charge is 2.00. The number of hydrogen-bond acceptors (Lipinski definition) is 4. The van der Waals surface area contributed by atoms with Crippen LogP contribution in [0.1, 0.15) is 12.2 Å². The minimum absolute atomic E-state index is 0.488. The Kier molecular flexibility index (Phi) is 4.11. The molecule has 0 unspecified atom stereocenters. The summed E-state index contributed by atoms with van der Waals surface area (Å²) in [5, 5.41) is 0. The van der Waals surface area contributed by atoms with E-state index in [-0.39, 0.29) is 0 Å². The molecule has 0 bridgehead atoms. The van der Waals surface area contributed by atoms with Gasteiger partial charge in [0.05, 0.1) is 4.47 Å². The molecule has 1 rings (SSSR count). The second-order valence-corrected chi connectivity index (χ2v) is 3.47. The number of nitrogens with two attached hydrogens (primary N) is 1. The summed E-state index contributed by atoms with van der Waals surface area (Å²) in [6.45, 7) is 0.722. The average molecular weight is 246 g/mol. The SMILES string of the molecule is COCCCc1ncc(Br)c(N)n1. The van der Waals surface area contributed by atoms with Crippen LogP contribution in [-0.4, -0.2) is 23.7 Å². The van der Waals surface area contributed by atoms with E-state index in [1.165, 1.54) is 0 Å². The van der Waals surface area contributed by atoms with Crippen molar-refractivity contribution in [3.63, 3.8) is 0 Å². The number of rotatable bonds is 4. The lowest BCUT2D eigenvalue weighted by molar-refractivity contribution is 0.194. The van der Waals surface area contributed by atoms with E-state index in [1.54, 1.807) is 13.3 Å². The lowest BCUT2D eigenvalue weighted by atomic mass is 10.3. The number of nitrogens with zero attached hydrogens (tertiary/aromatic N) is 2. The summed E-state index contributed by atoms with van der Waals surface area (Å²) in [4.78, 5) is 8.23. The number of halogens is 1. The van der Waals surface area contributed by atoms with Gasteiger partial charge in [0.15, 0.2) is 0 Å². The number of aryl methyl sites for hydroxylation is 1. The average Bonchev–Trinajstić information content (AvgIpc) is 2.12. The molecule has 0 saturated carbocycles. The number of aromatic nitrogens is 2. The van der Waals surface area contributed by atoms with Crippen LogP contribution in [-0.2, 0) is 11.2 Å². The maximum absolute atomic E-state index is 5.60. The van der Waals surface area contributed by atoms with Crippen molar-refractivity contribution < 1.29 is 4.74 Å². The molecule has 13 heavy (non-hydrogen) atoms. The Morgan fingerprint density at radius 1 is 1.62 bits per heavy atom. The molecule has 4 nitrogen and oxygen atoms in total. The highest BCUT2D eigenvalue weighted by Crippen LogP contribution is 2.14. The fraction of sp³-hybridized carbons (Fsp3) is 0.500. The maximum atomic E-state index is 5.60. The molecule has 0 aliphatic carbocycles. The zero-order chi connectivity index (χ0) is 9.68. The van der Waals surface area contributed by atoms with E-state index >= 15 is 0 Å². The number of nitrogen functional groups attached to an aromatic ring is 1. The number of methoxy groups -OCH3 is 1. The van der Waals surface area contributed by atoms with Gasteiger partial charge in [0.25, 0.3) is 0 Å². The summed E-state index contributed by atoms with van der Waals surface area (Å²) in [7, 11) is 1.68. The summed E-state index contributed by atoms with van der Waals surface area (Å²) in [6.07, 6.45) is 3.38. The van der Waals surface area contributed by atoms with E-state index in [9.17, 15) is 0 Å². The topological polar surface area (TPSA) is 61.0 Å². The Balaban J connectivity index is 2.53. The van der Waals surface area contributed by atoms with Crippen LogP contribution >= 0.6 is 15.9 Å². The molecule has 0 aliphatic heterocycles. The molecule has 0 spiro atoms. The summed E-state index contributed by atoms with van der Waals surface area (Å²) >= 11 is 3.24. The molecule has 0 aliphatic rings. The molecular formula is C8H12BrN3O. The van der Waals surface area contributed by atoms with Gasteiger partial charge in [-0.3, -0.25) is 0 Å². The van der Waals surface area contributed by atoms with E-state index in [1.807, 2.05) is 0 Å². The molecular weight excluding hydrogens is 234 g/mol. The van der Waals surface area contributed by atoms with Crippen molar-refractivity contribution in [2.24, 2.45) is 0 Å². The molecule has 1 heterocycles. The zero-order valence-corrected chi connectivity index (χ0v) is 9.04. The smallest absolute Gasteiger partial charge is 0.141 e. The fourth-order valence-corrected chi connectivity index (χ4v) is 1.10. The van der Waals surface area contributed by atoms with Crippen molar-refractivity contribution >= 4 is 21.7 Å². The monoisotopic (exact) mass is 245 g/mol. The first-order chi connectivity index (χ1) is 6.24. The highest BCUT2D eigenvalue weighted by atomic mass is 79.9. The van der Waals surface area contributed by atoms with Crippen LogP contribution in [0, 0.1) is 0 Å². The van der Waals surface area contributed by atoms with Crippen molar-refractivity contribution in [2.45, 2.75) is 12.8 Å². The molecule has 72 valence electrons. The number of anilines is 1. The predicted octanol–water partition coefficient (Wildman–Crippen LogP) is 1.40. The molecule has 0 fully saturated rings. The first-order valence-electron chi connectivity index (χ1n) is 4.00. The van der Waals surface area contributed by atoms with Crippen LogP contribution < -0.4 is 5.73 Å². The lowest BCUT2D eigenvalue weighted by Gasteiger charge is -2.01. The van der Waals surface area contributed by atoms with E-state index in [0.29, 0.717) is 5.82 Å². The van der Waals surface area contributed by atoms with Gasteiger partial charge in [-0.05, 0) is 22.4 Å². The molecule has 5 heteroatoms. The van der Waals surface area contributed by atoms with E-state index in [2.05, 4.69) is 25.9 Å². The zero-order valence-electron chi connectivity index (χ0n) is 7.46. The molecule has 0 atom stereocenters. The van der Waals surface area contributed by atoms with Gasteiger partial charge in [0.2, 0.25) is 0 Å². The van der Waals surface area contributed by atoms with Gasteiger partial charge in [-0.25, -0.2) is 9.97 Å². The molecule has 2 N–H and O–H groups in total. The Bertz CT molecular complexity index is 280. The molecule has 0 radical (unpaired) electrons. The predicted molar refractivity (Wildman–Crippen MR) is 54.3 cm³/mol. The van der Waals surface area contributed by atoms with Crippen molar-refractivity contribution in [1.29, 1.82) is 0 Å². The minimum Gasteiger partial charge on any atom is -0.385 e. The van der Waals surface area contributed by atoms with Gasteiger partial charge in [0.1, 0.15) is 11.6 Å². The molecule has 0 amide bonds. The number of ether oxygens (including phenoxy) is 1. The van der Waals surface area contributed by atoms with Crippen molar-refractivity contribution in [2.75, 3.05) is 19.5 Å². The summed E-state index contributed by atoms with van der Waals surface area (Å²) in [5.74, 6) is 1.25. The van der Waals surface area contributed by atoms with Gasteiger partial charge in [-0.1, -0.05) is 0 Å². The van der Waals surface area contributed by atoms with Crippen LogP contribution in [0.2, 0.25) is 0 Å². The van der Waals surface area contributed by atoms with Crippen LogP contribution in [0.5, 0.6) is 0 Å². The first-order valence-corrected chi connectivity index (χ1v) is 4.79. The Morgan fingerprint density at radius 2 is 2.38 bits per heavy atom. The third kappa shape index (κ3) is 3.28. The summed E-state index contributed by atoms with van der Waals surface area (Å²) < 4.78 is 5.66. The fourth-order valence-electron chi connectivity index (χ4n) is 0.914. The third-order valence-corrected chi connectivity index (χ3v) is 2.18. The van der Waals surface area contributed by atoms with Gasteiger partial charge in [-0.2, -0.15) is 0 Å². The van der Waals surface area contributed by atoms with Crippen LogP contribution in [0.25, 0.3) is 0 Å². The molecule has 1 aromatic rings. The van der Waals surface area contributed by atoms with Crippen LogP contribution in [0.3, 0.4) is 0 Å². The molecule has 0 aromatic carbocycles. The minimum atomic E-state index is 0.488. The lowest BCUT2D eigenvalue weighted by Crippen LogP contribution is -2.01. The Morgan fingerprint density at radius 3 is 3.00 bits per heavy atom. The van der Waals surface area contributed by atoms with E-state index in [0.717, 1.165) is 29.7 Å². The van der Waals surface area contributed by atoms with Gasteiger partial charge < -0.3 is 10.5 Å². The van der Waals surface area contributed by atoms with Crippen molar-refractivity contribution in [1.82, 2.24) is 9.97 Å². The second-order valence-electron chi connectivity index (χ2n) is 2.62. The highest BCUT2D eigenvalue weighted by molar-refractivity contribution is 9.10. The van der Waals surface area contributed by atoms with E-state index in [4.69, 9.17) is 10.5 Å².